The molecule has 5 heteroatoms. The van der Waals surface area contributed by atoms with Crippen molar-refractivity contribution in [1.29, 1.82) is 0 Å². The predicted octanol–water partition coefficient (Wildman–Crippen LogP) is 3.13. The lowest BCUT2D eigenvalue weighted by molar-refractivity contribution is -0.122. The molecule has 25 heavy (non-hydrogen) atoms. The third-order valence-electron chi connectivity index (χ3n) is 4.67. The van der Waals surface area contributed by atoms with Crippen LogP contribution in [0.2, 0.25) is 0 Å². The summed E-state index contributed by atoms with van der Waals surface area (Å²) in [7, 11) is 0. The van der Waals surface area contributed by atoms with Crippen LogP contribution in [-0.2, 0) is 16.0 Å². The van der Waals surface area contributed by atoms with Crippen LogP contribution in [0, 0.1) is 12.8 Å². The van der Waals surface area contributed by atoms with Crippen LogP contribution in [0.25, 0.3) is 0 Å². The van der Waals surface area contributed by atoms with E-state index in [1.165, 1.54) is 5.56 Å². The summed E-state index contributed by atoms with van der Waals surface area (Å²) in [6, 6.07) is 13.3. The SMILES string of the molecule is CCc1ccc(N2CC(C(=O)Nc3cc(N)ccc3C)CC2=O)cc1. The molecule has 5 nitrogen and oxygen atoms in total. The van der Waals surface area contributed by atoms with Crippen LogP contribution in [0.15, 0.2) is 42.5 Å². The highest BCUT2D eigenvalue weighted by atomic mass is 16.2. The number of aryl methyl sites for hydroxylation is 2. The molecule has 2 aromatic rings. The van der Waals surface area contributed by atoms with Crippen LogP contribution in [-0.4, -0.2) is 18.4 Å². The number of carbonyl (C=O) groups is 2. The Hall–Kier alpha value is -2.82. The molecule has 0 bridgehead atoms. The minimum Gasteiger partial charge on any atom is -0.399 e. The van der Waals surface area contributed by atoms with Gasteiger partial charge in [0.25, 0.3) is 0 Å². The number of carbonyl (C=O) groups excluding carboxylic acids is 2. The maximum Gasteiger partial charge on any atom is 0.229 e. The van der Waals surface area contributed by atoms with Gasteiger partial charge in [0.15, 0.2) is 0 Å². The maximum absolute atomic E-state index is 12.6. The molecule has 1 saturated heterocycles. The lowest BCUT2D eigenvalue weighted by atomic mass is 10.1. The smallest absolute Gasteiger partial charge is 0.229 e. The summed E-state index contributed by atoms with van der Waals surface area (Å²) in [6.07, 6.45) is 1.18. The zero-order chi connectivity index (χ0) is 18.0. The van der Waals surface area contributed by atoms with E-state index in [1.807, 2.05) is 37.3 Å². The third-order valence-corrected chi connectivity index (χ3v) is 4.67. The number of nitrogen functional groups attached to an aromatic ring is 1. The zero-order valence-corrected chi connectivity index (χ0v) is 14.6. The van der Waals surface area contributed by atoms with Crippen molar-refractivity contribution in [3.05, 3.63) is 53.6 Å². The van der Waals surface area contributed by atoms with Crippen LogP contribution < -0.4 is 16.0 Å². The van der Waals surface area contributed by atoms with Crippen LogP contribution in [0.5, 0.6) is 0 Å². The van der Waals surface area contributed by atoms with Crippen molar-refractivity contribution in [2.45, 2.75) is 26.7 Å². The fourth-order valence-electron chi connectivity index (χ4n) is 3.05. The quantitative estimate of drug-likeness (QED) is 0.842. The van der Waals surface area contributed by atoms with E-state index < -0.39 is 0 Å². The number of amides is 2. The number of anilines is 3. The van der Waals surface area contributed by atoms with Gasteiger partial charge in [-0.25, -0.2) is 0 Å². The number of hydrogen-bond acceptors (Lipinski definition) is 3. The summed E-state index contributed by atoms with van der Waals surface area (Å²) in [6.45, 7) is 4.41. The number of rotatable bonds is 4. The van der Waals surface area contributed by atoms with Gasteiger partial charge in [0.2, 0.25) is 11.8 Å². The van der Waals surface area contributed by atoms with E-state index in [0.29, 0.717) is 17.9 Å². The van der Waals surface area contributed by atoms with Gasteiger partial charge < -0.3 is 16.0 Å². The molecule has 1 unspecified atom stereocenters. The number of nitrogens with one attached hydrogen (secondary N) is 1. The Balaban J connectivity index is 1.70. The molecule has 1 aliphatic heterocycles. The first-order valence-electron chi connectivity index (χ1n) is 8.54. The molecule has 3 rings (SSSR count). The fourth-order valence-corrected chi connectivity index (χ4v) is 3.05. The summed E-state index contributed by atoms with van der Waals surface area (Å²) in [5.74, 6) is -0.525. The monoisotopic (exact) mass is 337 g/mol. The Labute approximate surface area is 147 Å². The Kier molecular flexibility index (Phi) is 4.74. The second-order valence-corrected chi connectivity index (χ2v) is 6.49. The highest BCUT2D eigenvalue weighted by Crippen LogP contribution is 2.27. The fraction of sp³-hybridized carbons (Fsp3) is 0.300. The van der Waals surface area contributed by atoms with Crippen LogP contribution in [0.1, 0.15) is 24.5 Å². The Morgan fingerprint density at radius 1 is 1.24 bits per heavy atom. The molecule has 0 spiro atoms. The molecule has 2 amide bonds. The van der Waals surface area contributed by atoms with Gasteiger partial charge in [-0.2, -0.15) is 0 Å². The first-order chi connectivity index (χ1) is 12.0. The van der Waals surface area contributed by atoms with E-state index >= 15 is 0 Å². The van der Waals surface area contributed by atoms with Crippen molar-refractivity contribution >= 4 is 28.9 Å². The average molecular weight is 337 g/mol. The molecular weight excluding hydrogens is 314 g/mol. The molecule has 0 aliphatic carbocycles. The topological polar surface area (TPSA) is 75.4 Å². The normalized spacial score (nSPS) is 17.0. The second-order valence-electron chi connectivity index (χ2n) is 6.49. The van der Waals surface area contributed by atoms with Crippen molar-refractivity contribution < 1.29 is 9.59 Å². The largest absolute Gasteiger partial charge is 0.399 e. The van der Waals surface area contributed by atoms with E-state index in [-0.39, 0.29) is 24.2 Å². The molecule has 1 aliphatic rings. The number of hydrogen-bond donors (Lipinski definition) is 2. The Bertz CT molecular complexity index is 799. The van der Waals surface area contributed by atoms with Crippen LogP contribution in [0.4, 0.5) is 17.1 Å². The van der Waals surface area contributed by atoms with Gasteiger partial charge in [0.05, 0.1) is 5.92 Å². The van der Waals surface area contributed by atoms with Gasteiger partial charge >= 0.3 is 0 Å². The van der Waals surface area contributed by atoms with Gasteiger partial charge in [-0.1, -0.05) is 25.1 Å². The minimum atomic E-state index is -0.362. The number of nitrogens with zero attached hydrogens (tertiary/aromatic N) is 1. The van der Waals surface area contributed by atoms with E-state index in [2.05, 4.69) is 12.2 Å². The van der Waals surface area contributed by atoms with Crippen LogP contribution >= 0.6 is 0 Å². The molecule has 0 aromatic heterocycles. The molecule has 130 valence electrons. The standard InChI is InChI=1S/C20H23N3O2/c1-3-14-5-8-17(9-6-14)23-12-15(10-19(23)24)20(25)22-18-11-16(21)7-4-13(18)2/h4-9,11,15H,3,10,12,21H2,1-2H3,(H,22,25). The minimum absolute atomic E-state index is 0.0197. The van der Waals surface area contributed by atoms with Gasteiger partial charge in [-0.3, -0.25) is 9.59 Å². The predicted molar refractivity (Wildman–Crippen MR) is 101 cm³/mol. The average Bonchev–Trinajstić information content (AvgIpc) is 3.00. The van der Waals surface area contributed by atoms with Gasteiger partial charge in [-0.15, -0.1) is 0 Å². The molecule has 0 saturated carbocycles. The summed E-state index contributed by atoms with van der Waals surface area (Å²) in [5.41, 5.74) is 10.1. The molecule has 1 fully saturated rings. The highest BCUT2D eigenvalue weighted by molar-refractivity contribution is 6.03. The van der Waals surface area contributed by atoms with Gasteiger partial charge in [-0.05, 0) is 48.7 Å². The van der Waals surface area contributed by atoms with E-state index in [9.17, 15) is 9.59 Å². The van der Waals surface area contributed by atoms with Crippen LogP contribution in [0.3, 0.4) is 0 Å². The van der Waals surface area contributed by atoms with E-state index in [4.69, 9.17) is 5.73 Å². The second kappa shape index (κ2) is 6.97. The third kappa shape index (κ3) is 3.65. The molecule has 1 heterocycles. The van der Waals surface area contributed by atoms with Crippen molar-refractivity contribution in [3.8, 4) is 0 Å². The highest BCUT2D eigenvalue weighted by Gasteiger charge is 2.35. The molecule has 1 atom stereocenters. The summed E-state index contributed by atoms with van der Waals surface area (Å²) in [5, 5.41) is 2.91. The maximum atomic E-state index is 12.6. The van der Waals surface area contributed by atoms with Gasteiger partial charge in [0, 0.05) is 30.0 Å². The molecular formula is C20H23N3O2. The lowest BCUT2D eigenvalue weighted by Crippen LogP contribution is -2.28. The van der Waals surface area contributed by atoms with Crippen molar-refractivity contribution in [3.63, 3.8) is 0 Å². The first kappa shape index (κ1) is 17.0. The summed E-state index contributed by atoms with van der Waals surface area (Å²) in [4.78, 5) is 26.6. The lowest BCUT2D eigenvalue weighted by Gasteiger charge is -2.17. The first-order valence-corrected chi connectivity index (χ1v) is 8.54. The number of benzene rings is 2. The molecule has 0 radical (unpaired) electrons. The van der Waals surface area contributed by atoms with Gasteiger partial charge in [0.1, 0.15) is 0 Å². The Morgan fingerprint density at radius 3 is 2.64 bits per heavy atom. The Morgan fingerprint density at radius 2 is 1.96 bits per heavy atom. The zero-order valence-electron chi connectivity index (χ0n) is 14.6. The van der Waals surface area contributed by atoms with E-state index in [0.717, 1.165) is 17.7 Å². The van der Waals surface area contributed by atoms with Crippen molar-refractivity contribution in [1.82, 2.24) is 0 Å². The van der Waals surface area contributed by atoms with Crippen molar-refractivity contribution in [2.75, 3.05) is 22.5 Å². The summed E-state index contributed by atoms with van der Waals surface area (Å²) >= 11 is 0. The van der Waals surface area contributed by atoms with E-state index in [1.54, 1.807) is 17.0 Å². The molecule has 3 N–H and O–H groups in total. The summed E-state index contributed by atoms with van der Waals surface area (Å²) < 4.78 is 0. The van der Waals surface area contributed by atoms with Crippen molar-refractivity contribution in [2.24, 2.45) is 5.92 Å². The molecule has 2 aromatic carbocycles. The number of nitrogens with two attached hydrogens (primary N) is 1.